The topological polar surface area (TPSA) is 97.5 Å². The maximum Gasteiger partial charge on any atom is 0.312 e. The van der Waals surface area contributed by atoms with Gasteiger partial charge in [-0.15, -0.1) is 0 Å². The molecular formula is C15H21NO4S. The van der Waals surface area contributed by atoms with Crippen LogP contribution in [-0.2, 0) is 21.1 Å². The fraction of sp³-hybridized carbons (Fsp3) is 0.533. The second-order valence-electron chi connectivity index (χ2n) is 5.49. The normalized spacial score (nSPS) is 28.3. The molecule has 1 aromatic carbocycles. The molecule has 0 bridgehead atoms. The Morgan fingerprint density at radius 2 is 1.86 bits per heavy atom. The third-order valence-corrected chi connectivity index (χ3v) is 6.80. The van der Waals surface area contributed by atoms with Crippen molar-refractivity contribution in [2.24, 2.45) is 11.1 Å². The van der Waals surface area contributed by atoms with Crippen molar-refractivity contribution in [2.75, 3.05) is 12.3 Å². The molecule has 0 amide bonds. The van der Waals surface area contributed by atoms with Gasteiger partial charge in [-0.2, -0.15) is 0 Å². The van der Waals surface area contributed by atoms with Gasteiger partial charge < -0.3 is 10.8 Å². The zero-order valence-electron chi connectivity index (χ0n) is 12.2. The van der Waals surface area contributed by atoms with Crippen molar-refractivity contribution in [3.8, 4) is 0 Å². The van der Waals surface area contributed by atoms with Gasteiger partial charge in [-0.1, -0.05) is 38.1 Å². The van der Waals surface area contributed by atoms with Gasteiger partial charge in [-0.05, 0) is 17.5 Å². The van der Waals surface area contributed by atoms with E-state index in [9.17, 15) is 18.3 Å². The van der Waals surface area contributed by atoms with Crippen molar-refractivity contribution in [1.82, 2.24) is 0 Å². The first-order valence-corrected chi connectivity index (χ1v) is 8.80. The number of benzene rings is 1. The Labute approximate surface area is 125 Å². The minimum atomic E-state index is -3.46. The first kappa shape index (κ1) is 16.0. The smallest absolute Gasteiger partial charge is 0.312 e. The summed E-state index contributed by atoms with van der Waals surface area (Å²) in [5.41, 5.74) is 6.13. The molecule has 1 aromatic rings. The second kappa shape index (κ2) is 5.42. The Kier molecular flexibility index (Phi) is 4.13. The van der Waals surface area contributed by atoms with Crippen molar-refractivity contribution >= 4 is 15.8 Å². The Hall–Kier alpha value is -1.40. The number of carboxylic acids is 1. The number of carboxylic acid groups (broad SMARTS) is 1. The van der Waals surface area contributed by atoms with Crippen LogP contribution in [0.3, 0.4) is 0 Å². The third kappa shape index (κ3) is 2.36. The molecule has 0 saturated heterocycles. The van der Waals surface area contributed by atoms with Gasteiger partial charge in [0.25, 0.3) is 0 Å². The molecule has 1 aliphatic carbocycles. The summed E-state index contributed by atoms with van der Waals surface area (Å²) in [6.45, 7) is 3.39. The van der Waals surface area contributed by atoms with Crippen molar-refractivity contribution in [2.45, 2.75) is 31.4 Å². The molecule has 2 rings (SSSR count). The molecule has 21 heavy (non-hydrogen) atoms. The monoisotopic (exact) mass is 311 g/mol. The summed E-state index contributed by atoms with van der Waals surface area (Å²) in [6, 6.07) is 7.46. The van der Waals surface area contributed by atoms with Crippen LogP contribution in [0.2, 0.25) is 0 Å². The van der Waals surface area contributed by atoms with Gasteiger partial charge in [-0.25, -0.2) is 8.42 Å². The molecule has 0 aromatic heterocycles. The molecule has 1 saturated carbocycles. The van der Waals surface area contributed by atoms with E-state index in [0.717, 1.165) is 17.5 Å². The summed E-state index contributed by atoms with van der Waals surface area (Å²) < 4.78 is 24.5. The van der Waals surface area contributed by atoms with Crippen LogP contribution in [0.5, 0.6) is 0 Å². The largest absolute Gasteiger partial charge is 0.481 e. The zero-order chi connectivity index (χ0) is 15.8. The lowest BCUT2D eigenvalue weighted by Crippen LogP contribution is -2.32. The van der Waals surface area contributed by atoms with E-state index < -0.39 is 32.4 Å². The van der Waals surface area contributed by atoms with E-state index in [-0.39, 0.29) is 12.3 Å². The Morgan fingerprint density at radius 1 is 1.29 bits per heavy atom. The first-order valence-electron chi connectivity index (χ1n) is 7.09. The van der Waals surface area contributed by atoms with Crippen molar-refractivity contribution in [1.29, 1.82) is 0 Å². The molecule has 6 heteroatoms. The molecular weight excluding hydrogens is 290 g/mol. The molecule has 0 spiro atoms. The molecule has 0 aliphatic heterocycles. The molecule has 1 fully saturated rings. The maximum absolute atomic E-state index is 12.2. The van der Waals surface area contributed by atoms with Crippen LogP contribution in [0, 0.1) is 5.41 Å². The summed E-state index contributed by atoms with van der Waals surface area (Å²) in [5.74, 6) is -1.76. The van der Waals surface area contributed by atoms with Crippen LogP contribution < -0.4 is 5.73 Å². The van der Waals surface area contributed by atoms with E-state index in [2.05, 4.69) is 0 Å². The van der Waals surface area contributed by atoms with Crippen LogP contribution >= 0.6 is 0 Å². The molecule has 116 valence electrons. The van der Waals surface area contributed by atoms with E-state index in [1.165, 1.54) is 6.92 Å². The lowest BCUT2D eigenvalue weighted by atomic mass is 9.98. The fourth-order valence-corrected chi connectivity index (χ4v) is 5.21. The van der Waals surface area contributed by atoms with E-state index in [4.69, 9.17) is 5.73 Å². The van der Waals surface area contributed by atoms with Gasteiger partial charge in [0.1, 0.15) is 5.41 Å². The summed E-state index contributed by atoms with van der Waals surface area (Å²) in [6.07, 6.45) is 0.878. The zero-order valence-corrected chi connectivity index (χ0v) is 13.1. The average molecular weight is 311 g/mol. The number of aliphatic carboxylic acids is 1. The highest BCUT2D eigenvalue weighted by molar-refractivity contribution is 7.92. The minimum Gasteiger partial charge on any atom is -0.481 e. The van der Waals surface area contributed by atoms with Crippen molar-refractivity contribution in [3.05, 3.63) is 35.4 Å². The predicted octanol–water partition coefficient (Wildman–Crippen LogP) is 1.18. The molecule has 3 atom stereocenters. The highest BCUT2D eigenvalue weighted by atomic mass is 32.2. The lowest BCUT2D eigenvalue weighted by molar-refractivity contribution is -0.143. The number of sulfone groups is 1. The van der Waals surface area contributed by atoms with Gasteiger partial charge in [0.15, 0.2) is 9.84 Å². The van der Waals surface area contributed by atoms with Gasteiger partial charge in [0.2, 0.25) is 0 Å². The highest BCUT2D eigenvalue weighted by Crippen LogP contribution is 2.62. The van der Waals surface area contributed by atoms with E-state index >= 15 is 0 Å². The van der Waals surface area contributed by atoms with Gasteiger partial charge in [0.05, 0.1) is 5.25 Å². The van der Waals surface area contributed by atoms with E-state index in [1.807, 2.05) is 31.2 Å². The maximum atomic E-state index is 12.2. The number of aryl methyl sites for hydroxylation is 1. The molecule has 0 heterocycles. The van der Waals surface area contributed by atoms with Crippen molar-refractivity contribution < 1.29 is 18.3 Å². The molecule has 5 nitrogen and oxygen atoms in total. The number of hydrogen-bond donors (Lipinski definition) is 2. The van der Waals surface area contributed by atoms with Crippen LogP contribution in [0.4, 0.5) is 0 Å². The fourth-order valence-electron chi connectivity index (χ4n) is 3.13. The second-order valence-corrected chi connectivity index (χ2v) is 7.91. The molecule has 1 aliphatic rings. The number of carbonyl (C=O) groups is 1. The first-order chi connectivity index (χ1) is 9.85. The standard InChI is InChI=1S/C15H21NO4S/c1-3-10-5-7-11(8-6-10)12-13(21(19,20)4-2)15(12,9-16)14(17)18/h5-8,12-13H,3-4,9,16H2,1-2H3,(H,17,18). The summed E-state index contributed by atoms with van der Waals surface area (Å²) >= 11 is 0. The summed E-state index contributed by atoms with van der Waals surface area (Å²) in [4.78, 5) is 11.6. The van der Waals surface area contributed by atoms with E-state index in [1.54, 1.807) is 0 Å². The highest BCUT2D eigenvalue weighted by Gasteiger charge is 2.74. The summed E-state index contributed by atoms with van der Waals surface area (Å²) in [7, 11) is -3.46. The predicted molar refractivity (Wildman–Crippen MR) is 80.9 cm³/mol. The van der Waals surface area contributed by atoms with Gasteiger partial charge in [0, 0.05) is 18.2 Å². The quantitative estimate of drug-likeness (QED) is 0.822. The Morgan fingerprint density at radius 3 is 2.24 bits per heavy atom. The number of nitrogens with two attached hydrogens (primary N) is 1. The van der Waals surface area contributed by atoms with Gasteiger partial charge in [-0.3, -0.25) is 4.79 Å². The average Bonchev–Trinajstić information content (AvgIpc) is 3.19. The SMILES string of the molecule is CCc1ccc(C2C(S(=O)(=O)CC)C2(CN)C(=O)O)cc1. The summed E-state index contributed by atoms with van der Waals surface area (Å²) in [5, 5.41) is 8.60. The lowest BCUT2D eigenvalue weighted by Gasteiger charge is -2.09. The van der Waals surface area contributed by atoms with Crippen LogP contribution in [-0.4, -0.2) is 37.0 Å². The number of hydrogen-bond acceptors (Lipinski definition) is 4. The Bertz CT molecular complexity index is 638. The number of rotatable bonds is 6. The van der Waals surface area contributed by atoms with Crippen LogP contribution in [0.15, 0.2) is 24.3 Å². The molecule has 3 N–H and O–H groups in total. The van der Waals surface area contributed by atoms with Crippen LogP contribution in [0.1, 0.15) is 30.9 Å². The minimum absolute atomic E-state index is 0.0732. The molecule has 3 unspecified atom stereocenters. The Balaban J connectivity index is 2.47. The molecule has 0 radical (unpaired) electrons. The third-order valence-electron chi connectivity index (χ3n) is 4.53. The van der Waals surface area contributed by atoms with Crippen LogP contribution in [0.25, 0.3) is 0 Å². The van der Waals surface area contributed by atoms with Gasteiger partial charge >= 0.3 is 5.97 Å². The van der Waals surface area contributed by atoms with Crippen molar-refractivity contribution in [3.63, 3.8) is 0 Å². The van der Waals surface area contributed by atoms with E-state index in [0.29, 0.717) is 0 Å².